The van der Waals surface area contributed by atoms with E-state index in [1.807, 2.05) is 41.1 Å². The average molecular weight is 393 g/mol. The molecule has 0 aliphatic carbocycles. The van der Waals surface area contributed by atoms with Gasteiger partial charge in [-0.05, 0) is 6.42 Å². The molecule has 148 valence electrons. The van der Waals surface area contributed by atoms with E-state index in [1.54, 1.807) is 27.5 Å². The van der Waals surface area contributed by atoms with E-state index in [-0.39, 0.29) is 6.03 Å². The number of benzene rings is 1. The molecular weight excluding hydrogens is 364 g/mol. The van der Waals surface area contributed by atoms with Crippen molar-refractivity contribution in [2.75, 3.05) is 34.4 Å². The Balaban J connectivity index is 1.69. The number of nitrogens with zero attached hydrogens (tertiary/aromatic N) is 2. The number of aromatic nitrogens is 2. The summed E-state index contributed by atoms with van der Waals surface area (Å²) in [6.07, 6.45) is 4.39. The Bertz CT molecular complexity index is 683. The number of carbonyl (C=O) groups excluding carboxylic acids is 1. The van der Waals surface area contributed by atoms with Gasteiger partial charge in [0.15, 0.2) is 0 Å². The maximum Gasteiger partial charge on any atom is 0.500 e. The Hall–Kier alpha value is -2.20. The highest BCUT2D eigenvalue weighted by Crippen LogP contribution is 2.16. The Morgan fingerprint density at radius 1 is 1.07 bits per heavy atom. The van der Waals surface area contributed by atoms with Gasteiger partial charge in [-0.15, -0.1) is 0 Å². The van der Waals surface area contributed by atoms with E-state index in [9.17, 15) is 4.79 Å². The normalized spacial score (nSPS) is 11.4. The van der Waals surface area contributed by atoms with Crippen molar-refractivity contribution in [2.45, 2.75) is 19.0 Å². The molecule has 0 radical (unpaired) electrons. The summed E-state index contributed by atoms with van der Waals surface area (Å²) in [5.74, 6) is 0.887. The first-order chi connectivity index (χ1) is 13.1. The maximum atomic E-state index is 11.9. The van der Waals surface area contributed by atoms with Crippen molar-refractivity contribution < 1.29 is 18.1 Å². The van der Waals surface area contributed by atoms with Crippen LogP contribution < -0.4 is 10.6 Å². The van der Waals surface area contributed by atoms with Gasteiger partial charge in [-0.1, -0.05) is 30.3 Å². The van der Waals surface area contributed by atoms with Crippen molar-refractivity contribution in [1.29, 1.82) is 0 Å². The zero-order chi connectivity index (χ0) is 19.5. The van der Waals surface area contributed by atoms with Gasteiger partial charge in [-0.2, -0.15) is 0 Å². The molecule has 0 fully saturated rings. The second-order valence-corrected chi connectivity index (χ2v) is 8.98. The molecule has 0 spiro atoms. The zero-order valence-corrected chi connectivity index (χ0v) is 17.1. The SMILES string of the molecule is CO[Si](CCCNC(=O)NCCn1ccnc1-c1ccccc1)(OC)OC. The highest BCUT2D eigenvalue weighted by molar-refractivity contribution is 6.60. The minimum Gasteiger partial charge on any atom is -0.377 e. The summed E-state index contributed by atoms with van der Waals surface area (Å²) in [5.41, 5.74) is 1.05. The van der Waals surface area contributed by atoms with E-state index in [0.29, 0.717) is 25.7 Å². The largest absolute Gasteiger partial charge is 0.500 e. The van der Waals surface area contributed by atoms with Crippen molar-refractivity contribution in [2.24, 2.45) is 0 Å². The number of carbonyl (C=O) groups is 1. The monoisotopic (exact) mass is 392 g/mol. The van der Waals surface area contributed by atoms with E-state index in [0.717, 1.165) is 17.8 Å². The Kier molecular flexibility index (Phi) is 8.46. The molecule has 0 saturated carbocycles. The molecule has 1 heterocycles. The van der Waals surface area contributed by atoms with Crippen LogP contribution in [-0.2, 0) is 19.8 Å². The second-order valence-electron chi connectivity index (χ2n) is 5.89. The molecule has 0 unspecified atom stereocenters. The number of hydrogen-bond acceptors (Lipinski definition) is 5. The lowest BCUT2D eigenvalue weighted by Gasteiger charge is -2.24. The summed E-state index contributed by atoms with van der Waals surface area (Å²) in [6, 6.07) is 10.4. The number of amides is 2. The van der Waals surface area contributed by atoms with Crippen molar-refractivity contribution >= 4 is 14.8 Å². The summed E-state index contributed by atoms with van der Waals surface area (Å²) >= 11 is 0. The van der Waals surface area contributed by atoms with Crippen LogP contribution in [0.3, 0.4) is 0 Å². The van der Waals surface area contributed by atoms with Crippen LogP contribution in [0, 0.1) is 0 Å². The molecule has 0 atom stereocenters. The van der Waals surface area contributed by atoms with Gasteiger partial charge in [0.2, 0.25) is 0 Å². The third-order valence-corrected chi connectivity index (χ3v) is 7.10. The van der Waals surface area contributed by atoms with Crippen molar-refractivity contribution in [1.82, 2.24) is 20.2 Å². The van der Waals surface area contributed by atoms with E-state index < -0.39 is 8.80 Å². The third kappa shape index (κ3) is 6.17. The quantitative estimate of drug-likeness (QED) is 0.452. The number of nitrogens with one attached hydrogen (secondary N) is 2. The molecule has 2 amide bonds. The lowest BCUT2D eigenvalue weighted by atomic mass is 10.2. The van der Waals surface area contributed by atoms with Crippen LogP contribution in [0.25, 0.3) is 11.4 Å². The summed E-state index contributed by atoms with van der Waals surface area (Å²) in [6.45, 7) is 1.68. The summed E-state index contributed by atoms with van der Waals surface area (Å²) in [4.78, 5) is 16.3. The first-order valence-electron chi connectivity index (χ1n) is 8.88. The van der Waals surface area contributed by atoms with Gasteiger partial charge in [-0.25, -0.2) is 9.78 Å². The molecule has 1 aromatic carbocycles. The number of rotatable bonds is 11. The average Bonchev–Trinajstić information content (AvgIpc) is 3.18. The first kappa shape index (κ1) is 21.1. The summed E-state index contributed by atoms with van der Waals surface area (Å²) in [7, 11) is 2.18. The smallest absolute Gasteiger partial charge is 0.377 e. The summed E-state index contributed by atoms with van der Waals surface area (Å²) in [5, 5.41) is 5.69. The minimum absolute atomic E-state index is 0.198. The topological polar surface area (TPSA) is 86.6 Å². The number of imidazole rings is 1. The zero-order valence-electron chi connectivity index (χ0n) is 16.1. The lowest BCUT2D eigenvalue weighted by molar-refractivity contribution is 0.123. The van der Waals surface area contributed by atoms with E-state index in [1.165, 1.54) is 0 Å². The van der Waals surface area contributed by atoms with E-state index >= 15 is 0 Å². The third-order valence-electron chi connectivity index (χ3n) is 4.26. The number of hydrogen-bond donors (Lipinski definition) is 2. The molecule has 2 aromatic rings. The lowest BCUT2D eigenvalue weighted by Crippen LogP contribution is -2.44. The summed E-state index contributed by atoms with van der Waals surface area (Å²) < 4.78 is 18.1. The van der Waals surface area contributed by atoms with Crippen LogP contribution in [0.2, 0.25) is 6.04 Å². The van der Waals surface area contributed by atoms with Crippen LogP contribution in [-0.4, -0.2) is 58.8 Å². The standard InChI is InChI=1S/C18H28N4O4Si/c1-24-27(25-2,26-3)15-7-10-20-18(23)21-12-14-22-13-11-19-17(22)16-8-5-4-6-9-16/h4-6,8-9,11,13H,7,10,12,14-15H2,1-3H3,(H2,20,21,23). The molecule has 0 saturated heterocycles. The van der Waals surface area contributed by atoms with Crippen molar-refractivity contribution in [3.8, 4) is 11.4 Å². The Labute approximate surface area is 161 Å². The van der Waals surface area contributed by atoms with Gasteiger partial charge >= 0.3 is 14.8 Å². The first-order valence-corrected chi connectivity index (χ1v) is 10.8. The Morgan fingerprint density at radius 3 is 2.41 bits per heavy atom. The van der Waals surface area contributed by atoms with E-state index in [4.69, 9.17) is 13.3 Å². The molecule has 0 bridgehead atoms. The van der Waals surface area contributed by atoms with Crippen LogP contribution in [0.5, 0.6) is 0 Å². The molecule has 8 nitrogen and oxygen atoms in total. The molecule has 9 heteroatoms. The fraction of sp³-hybridized carbons (Fsp3) is 0.444. The fourth-order valence-corrected chi connectivity index (χ4v) is 4.47. The van der Waals surface area contributed by atoms with Gasteiger partial charge < -0.3 is 28.5 Å². The van der Waals surface area contributed by atoms with Crippen LogP contribution >= 0.6 is 0 Å². The molecule has 27 heavy (non-hydrogen) atoms. The second kappa shape index (κ2) is 10.8. The van der Waals surface area contributed by atoms with Gasteiger partial charge in [0, 0.05) is 65.0 Å². The molecule has 0 aliphatic rings. The van der Waals surface area contributed by atoms with Crippen LogP contribution in [0.15, 0.2) is 42.7 Å². The van der Waals surface area contributed by atoms with Crippen molar-refractivity contribution in [3.05, 3.63) is 42.7 Å². The molecule has 2 N–H and O–H groups in total. The number of urea groups is 1. The molecular formula is C18H28N4O4Si. The van der Waals surface area contributed by atoms with Gasteiger partial charge in [-0.3, -0.25) is 0 Å². The van der Waals surface area contributed by atoms with Gasteiger partial charge in [0.05, 0.1) is 0 Å². The predicted octanol–water partition coefficient (Wildman–Crippen LogP) is 2.12. The highest BCUT2D eigenvalue weighted by Gasteiger charge is 2.36. The van der Waals surface area contributed by atoms with E-state index in [2.05, 4.69) is 15.6 Å². The highest BCUT2D eigenvalue weighted by atomic mass is 28.4. The fourth-order valence-electron chi connectivity index (χ4n) is 2.75. The Morgan fingerprint density at radius 2 is 1.74 bits per heavy atom. The van der Waals surface area contributed by atoms with Crippen LogP contribution in [0.4, 0.5) is 4.79 Å². The predicted molar refractivity (Wildman–Crippen MR) is 105 cm³/mol. The van der Waals surface area contributed by atoms with Gasteiger partial charge in [0.25, 0.3) is 0 Å². The van der Waals surface area contributed by atoms with Crippen LogP contribution in [0.1, 0.15) is 6.42 Å². The molecule has 1 aromatic heterocycles. The van der Waals surface area contributed by atoms with Gasteiger partial charge in [0.1, 0.15) is 5.82 Å². The maximum absolute atomic E-state index is 11.9. The molecule has 0 aliphatic heterocycles. The van der Waals surface area contributed by atoms with Crippen molar-refractivity contribution in [3.63, 3.8) is 0 Å². The minimum atomic E-state index is -2.57. The molecule has 2 rings (SSSR count).